The Morgan fingerprint density at radius 3 is 2.14 bits per heavy atom. The molecule has 2 aromatic rings. The Hall–Kier alpha value is -3.09. The SMILES string of the molecule is COc1ccc(N(C)C(=O)C(NC(=O)c2ccc(F)cc2)C(C)C)cc1OC. The third kappa shape index (κ3) is 4.79. The molecule has 0 radical (unpaired) electrons. The van der Waals surface area contributed by atoms with Gasteiger partial charge in [-0.2, -0.15) is 0 Å². The second-order valence-corrected chi connectivity index (χ2v) is 6.64. The van der Waals surface area contributed by atoms with E-state index in [1.54, 1.807) is 25.2 Å². The molecule has 7 heteroatoms. The smallest absolute Gasteiger partial charge is 0.251 e. The highest BCUT2D eigenvalue weighted by Crippen LogP contribution is 2.31. The van der Waals surface area contributed by atoms with E-state index in [1.807, 2.05) is 13.8 Å². The summed E-state index contributed by atoms with van der Waals surface area (Å²) in [4.78, 5) is 27.0. The molecule has 6 nitrogen and oxygen atoms in total. The number of ether oxygens (including phenoxy) is 2. The van der Waals surface area contributed by atoms with E-state index in [2.05, 4.69) is 5.32 Å². The summed E-state index contributed by atoms with van der Waals surface area (Å²) in [6, 6.07) is 9.55. The van der Waals surface area contributed by atoms with Crippen molar-refractivity contribution in [1.29, 1.82) is 0 Å². The molecule has 1 N–H and O–H groups in total. The summed E-state index contributed by atoms with van der Waals surface area (Å²) in [5, 5.41) is 2.75. The first-order valence-electron chi connectivity index (χ1n) is 8.84. The number of nitrogens with one attached hydrogen (secondary N) is 1. The van der Waals surface area contributed by atoms with E-state index < -0.39 is 17.8 Å². The van der Waals surface area contributed by atoms with Gasteiger partial charge in [0.1, 0.15) is 11.9 Å². The third-order valence-electron chi connectivity index (χ3n) is 4.41. The van der Waals surface area contributed by atoms with Gasteiger partial charge in [0.2, 0.25) is 5.91 Å². The molecule has 0 saturated carbocycles. The number of likely N-dealkylation sites (N-methyl/N-ethyl adjacent to an activating group) is 1. The number of carbonyl (C=O) groups excluding carboxylic acids is 2. The second-order valence-electron chi connectivity index (χ2n) is 6.64. The Kier molecular flexibility index (Phi) is 6.98. The van der Waals surface area contributed by atoms with E-state index in [-0.39, 0.29) is 17.4 Å². The first kappa shape index (κ1) is 21.2. The van der Waals surface area contributed by atoms with Gasteiger partial charge in [0.05, 0.1) is 14.2 Å². The Bertz CT molecular complexity index is 837. The van der Waals surface area contributed by atoms with Gasteiger partial charge < -0.3 is 19.7 Å². The Morgan fingerprint density at radius 2 is 1.61 bits per heavy atom. The highest BCUT2D eigenvalue weighted by atomic mass is 19.1. The number of halogens is 1. The Labute approximate surface area is 164 Å². The number of benzene rings is 2. The summed E-state index contributed by atoms with van der Waals surface area (Å²) in [7, 11) is 4.68. The van der Waals surface area contributed by atoms with Crippen LogP contribution in [-0.4, -0.2) is 39.1 Å². The van der Waals surface area contributed by atoms with Crippen molar-refractivity contribution < 1.29 is 23.5 Å². The van der Waals surface area contributed by atoms with Gasteiger partial charge in [0, 0.05) is 24.4 Å². The molecule has 2 aromatic carbocycles. The van der Waals surface area contributed by atoms with Crippen LogP contribution in [0.3, 0.4) is 0 Å². The number of hydrogen-bond donors (Lipinski definition) is 1. The van der Waals surface area contributed by atoms with Gasteiger partial charge >= 0.3 is 0 Å². The predicted octanol–water partition coefficient (Wildman–Crippen LogP) is 3.26. The zero-order chi connectivity index (χ0) is 20.8. The van der Waals surface area contributed by atoms with Crippen LogP contribution in [0.15, 0.2) is 42.5 Å². The molecule has 2 rings (SSSR count). The molecule has 0 aliphatic rings. The van der Waals surface area contributed by atoms with Crippen molar-refractivity contribution >= 4 is 17.5 Å². The molecule has 0 aliphatic heterocycles. The first-order valence-corrected chi connectivity index (χ1v) is 8.84. The molecule has 0 aliphatic carbocycles. The van der Waals surface area contributed by atoms with Crippen molar-refractivity contribution in [1.82, 2.24) is 5.32 Å². The molecular weight excluding hydrogens is 363 g/mol. The lowest BCUT2D eigenvalue weighted by atomic mass is 10.0. The van der Waals surface area contributed by atoms with Gasteiger partial charge in [-0.3, -0.25) is 9.59 Å². The quantitative estimate of drug-likeness (QED) is 0.791. The standard InChI is InChI=1S/C21H25FN2O4/c1-13(2)19(23-20(25)14-6-8-15(22)9-7-14)21(26)24(3)16-10-11-17(27-4)18(12-16)28-5/h6-13,19H,1-5H3,(H,23,25). The van der Waals surface area contributed by atoms with Gasteiger partial charge in [-0.15, -0.1) is 0 Å². The molecule has 2 amide bonds. The number of amides is 2. The van der Waals surface area contributed by atoms with Crippen LogP contribution in [0.4, 0.5) is 10.1 Å². The van der Waals surface area contributed by atoms with E-state index in [9.17, 15) is 14.0 Å². The van der Waals surface area contributed by atoms with E-state index in [0.29, 0.717) is 17.2 Å². The molecule has 0 aromatic heterocycles. The summed E-state index contributed by atoms with van der Waals surface area (Å²) in [5.41, 5.74) is 0.887. The summed E-state index contributed by atoms with van der Waals surface area (Å²) in [5.74, 6) is -0.251. The molecule has 1 unspecified atom stereocenters. The van der Waals surface area contributed by atoms with Crippen LogP contribution in [-0.2, 0) is 4.79 Å². The van der Waals surface area contributed by atoms with Crippen LogP contribution in [0.5, 0.6) is 11.5 Å². The second kappa shape index (κ2) is 9.21. The Balaban J connectivity index is 2.22. The van der Waals surface area contributed by atoms with Gasteiger partial charge in [-0.25, -0.2) is 4.39 Å². The Morgan fingerprint density at radius 1 is 1.00 bits per heavy atom. The minimum Gasteiger partial charge on any atom is -0.493 e. The van der Waals surface area contributed by atoms with Crippen molar-refractivity contribution in [3.8, 4) is 11.5 Å². The van der Waals surface area contributed by atoms with Crippen LogP contribution in [0, 0.1) is 11.7 Å². The van der Waals surface area contributed by atoms with Crippen molar-refractivity contribution in [2.75, 3.05) is 26.2 Å². The lowest BCUT2D eigenvalue weighted by molar-refractivity contribution is -0.121. The van der Waals surface area contributed by atoms with Crippen LogP contribution in [0.1, 0.15) is 24.2 Å². The lowest BCUT2D eigenvalue weighted by Gasteiger charge is -2.27. The summed E-state index contributed by atoms with van der Waals surface area (Å²) >= 11 is 0. The molecule has 0 bridgehead atoms. The summed E-state index contributed by atoms with van der Waals surface area (Å²) in [6.45, 7) is 3.69. The van der Waals surface area contributed by atoms with E-state index in [0.717, 1.165) is 0 Å². The zero-order valence-electron chi connectivity index (χ0n) is 16.7. The average molecular weight is 388 g/mol. The maximum absolute atomic E-state index is 13.1. The van der Waals surface area contributed by atoms with Crippen LogP contribution < -0.4 is 19.7 Å². The number of hydrogen-bond acceptors (Lipinski definition) is 4. The van der Waals surface area contributed by atoms with E-state index in [4.69, 9.17) is 9.47 Å². The van der Waals surface area contributed by atoms with Crippen LogP contribution in [0.25, 0.3) is 0 Å². The normalized spacial score (nSPS) is 11.7. The minimum atomic E-state index is -0.754. The fourth-order valence-electron chi connectivity index (χ4n) is 2.71. The topological polar surface area (TPSA) is 67.9 Å². The zero-order valence-corrected chi connectivity index (χ0v) is 16.7. The minimum absolute atomic E-state index is 0.153. The lowest BCUT2D eigenvalue weighted by Crippen LogP contribution is -2.50. The first-order chi connectivity index (χ1) is 13.3. The molecule has 0 spiro atoms. The number of carbonyl (C=O) groups is 2. The molecule has 28 heavy (non-hydrogen) atoms. The van der Waals surface area contributed by atoms with Crippen LogP contribution in [0.2, 0.25) is 0 Å². The fraction of sp³-hybridized carbons (Fsp3) is 0.333. The number of rotatable bonds is 7. The molecule has 1 atom stereocenters. The predicted molar refractivity (Wildman–Crippen MR) is 105 cm³/mol. The maximum Gasteiger partial charge on any atom is 0.251 e. The average Bonchev–Trinajstić information content (AvgIpc) is 2.70. The number of methoxy groups -OCH3 is 2. The monoisotopic (exact) mass is 388 g/mol. The van der Waals surface area contributed by atoms with Crippen molar-refractivity contribution in [2.24, 2.45) is 5.92 Å². The van der Waals surface area contributed by atoms with Crippen molar-refractivity contribution in [3.63, 3.8) is 0 Å². The number of anilines is 1. The van der Waals surface area contributed by atoms with Gasteiger partial charge in [-0.1, -0.05) is 13.8 Å². The largest absolute Gasteiger partial charge is 0.493 e. The molecule has 150 valence electrons. The van der Waals surface area contributed by atoms with Crippen molar-refractivity contribution in [2.45, 2.75) is 19.9 Å². The summed E-state index contributed by atoms with van der Waals surface area (Å²) in [6.07, 6.45) is 0. The molecular formula is C21H25FN2O4. The van der Waals surface area contributed by atoms with E-state index >= 15 is 0 Å². The van der Waals surface area contributed by atoms with Gasteiger partial charge in [0.25, 0.3) is 5.91 Å². The van der Waals surface area contributed by atoms with Gasteiger partial charge in [0.15, 0.2) is 11.5 Å². The highest BCUT2D eigenvalue weighted by molar-refractivity contribution is 6.02. The fourth-order valence-corrected chi connectivity index (χ4v) is 2.71. The molecule has 0 saturated heterocycles. The summed E-state index contributed by atoms with van der Waals surface area (Å²) < 4.78 is 23.6. The van der Waals surface area contributed by atoms with Crippen LogP contribution >= 0.6 is 0 Å². The molecule has 0 fully saturated rings. The third-order valence-corrected chi connectivity index (χ3v) is 4.41. The van der Waals surface area contributed by atoms with E-state index in [1.165, 1.54) is 43.4 Å². The highest BCUT2D eigenvalue weighted by Gasteiger charge is 2.28. The maximum atomic E-state index is 13.1. The van der Waals surface area contributed by atoms with Gasteiger partial charge in [-0.05, 0) is 42.3 Å². The molecule has 0 heterocycles. The number of nitrogens with zero attached hydrogens (tertiary/aromatic N) is 1. The van der Waals surface area contributed by atoms with Crippen molar-refractivity contribution in [3.05, 3.63) is 53.8 Å².